The lowest BCUT2D eigenvalue weighted by molar-refractivity contribution is -0.119. The van der Waals surface area contributed by atoms with Gasteiger partial charge in [-0.2, -0.15) is 0 Å². The van der Waals surface area contributed by atoms with Crippen LogP contribution in [0.25, 0.3) is 0 Å². The Bertz CT molecular complexity index is 144. The molecule has 0 fully saturated rings. The van der Waals surface area contributed by atoms with E-state index in [4.69, 9.17) is 44.6 Å². The van der Waals surface area contributed by atoms with Crippen LogP contribution in [0.4, 0.5) is 0 Å². The van der Waals surface area contributed by atoms with Gasteiger partial charge in [0.05, 0.1) is 6.10 Å². The van der Waals surface area contributed by atoms with Crippen LogP contribution in [0.1, 0.15) is 13.3 Å². The summed E-state index contributed by atoms with van der Waals surface area (Å²) in [5.74, 6) is 0. The van der Waals surface area contributed by atoms with Gasteiger partial charge in [-0.05, 0) is 6.42 Å². The molecule has 0 aromatic rings. The maximum absolute atomic E-state index is 9.15. The fourth-order valence-corrected chi connectivity index (χ4v) is 0.715. The van der Waals surface area contributed by atoms with Crippen molar-refractivity contribution in [1.82, 2.24) is 0 Å². The zero-order chi connectivity index (χ0) is 9.78. The van der Waals surface area contributed by atoms with Gasteiger partial charge >= 0.3 is 0 Å². The van der Waals surface area contributed by atoms with E-state index in [1.807, 2.05) is 6.92 Å². The van der Waals surface area contributed by atoms with Crippen molar-refractivity contribution in [2.75, 3.05) is 0 Å². The van der Waals surface area contributed by atoms with Crippen molar-refractivity contribution in [1.29, 1.82) is 0 Å². The second kappa shape index (κ2) is 5.30. The molecule has 0 spiro atoms. The topological polar surface area (TPSA) is 29.5 Å². The van der Waals surface area contributed by atoms with Crippen molar-refractivity contribution in [3.8, 4) is 0 Å². The molecule has 0 aliphatic carbocycles. The van der Waals surface area contributed by atoms with Crippen molar-refractivity contribution in [2.24, 2.45) is 0 Å². The predicted molar refractivity (Wildman–Crippen MR) is 51.7 cm³/mol. The van der Waals surface area contributed by atoms with E-state index in [0.29, 0.717) is 6.42 Å². The smallest absolute Gasteiger partial charge is 0.240 e. The molecule has 2 unspecified atom stereocenters. The van der Waals surface area contributed by atoms with Crippen LogP contribution < -0.4 is 0 Å². The quantitative estimate of drug-likeness (QED) is 0.460. The van der Waals surface area contributed by atoms with Gasteiger partial charge in [0.1, 0.15) is 0 Å². The van der Waals surface area contributed by atoms with Gasteiger partial charge < -0.3 is 9.84 Å². The van der Waals surface area contributed by atoms with Crippen molar-refractivity contribution < 1.29 is 9.84 Å². The maximum atomic E-state index is 9.15. The highest BCUT2D eigenvalue weighted by molar-refractivity contribution is 6.67. The highest BCUT2D eigenvalue weighted by atomic mass is 35.6. The van der Waals surface area contributed by atoms with Gasteiger partial charge in [-0.1, -0.05) is 47.8 Å². The SMILES string of the molecule is C=CC(CC)OC(O)C(Cl)(Cl)Cl. The lowest BCUT2D eigenvalue weighted by atomic mass is 10.3. The van der Waals surface area contributed by atoms with Crippen LogP contribution in [0.3, 0.4) is 0 Å². The molecule has 0 rings (SSSR count). The number of alkyl halides is 3. The highest BCUT2D eigenvalue weighted by Gasteiger charge is 2.32. The molecule has 0 heterocycles. The molecule has 0 radical (unpaired) electrons. The van der Waals surface area contributed by atoms with E-state index in [2.05, 4.69) is 6.58 Å². The van der Waals surface area contributed by atoms with Gasteiger partial charge in [-0.15, -0.1) is 6.58 Å². The maximum Gasteiger partial charge on any atom is 0.240 e. The van der Waals surface area contributed by atoms with E-state index in [9.17, 15) is 0 Å². The number of hydrogen-bond donors (Lipinski definition) is 1. The Morgan fingerprint density at radius 1 is 1.58 bits per heavy atom. The minimum absolute atomic E-state index is 0.296. The molecule has 0 saturated heterocycles. The van der Waals surface area contributed by atoms with Gasteiger partial charge in [0.2, 0.25) is 10.1 Å². The molecule has 2 nitrogen and oxygen atoms in total. The van der Waals surface area contributed by atoms with Crippen LogP contribution >= 0.6 is 34.8 Å². The van der Waals surface area contributed by atoms with E-state index in [1.54, 1.807) is 6.08 Å². The Morgan fingerprint density at radius 2 is 2.08 bits per heavy atom. The molecule has 0 aromatic carbocycles. The first-order chi connectivity index (χ1) is 5.41. The third-order valence-corrected chi connectivity index (χ3v) is 1.81. The summed E-state index contributed by atoms with van der Waals surface area (Å²) in [4.78, 5) is 0. The summed E-state index contributed by atoms with van der Waals surface area (Å²) >= 11 is 16.1. The molecular weight excluding hydrogens is 222 g/mol. The first kappa shape index (κ1) is 12.5. The molecule has 0 aromatic heterocycles. The van der Waals surface area contributed by atoms with Crippen molar-refractivity contribution >= 4 is 34.8 Å². The Hall–Kier alpha value is 0.530. The molecule has 2 atom stereocenters. The van der Waals surface area contributed by atoms with Crippen molar-refractivity contribution in [3.63, 3.8) is 0 Å². The fraction of sp³-hybridized carbons (Fsp3) is 0.714. The molecule has 0 bridgehead atoms. The van der Waals surface area contributed by atoms with Gasteiger partial charge in [0, 0.05) is 0 Å². The molecule has 0 saturated carbocycles. The zero-order valence-corrected chi connectivity index (χ0v) is 8.90. The summed E-state index contributed by atoms with van der Waals surface area (Å²) in [6.07, 6.45) is 0.488. The number of aliphatic hydroxyl groups excluding tert-OH is 1. The summed E-state index contributed by atoms with van der Waals surface area (Å²) in [5.41, 5.74) is 0. The highest BCUT2D eigenvalue weighted by Crippen LogP contribution is 2.31. The number of hydrogen-bond acceptors (Lipinski definition) is 2. The molecule has 1 N–H and O–H groups in total. The minimum atomic E-state index is -1.81. The number of ether oxygens (including phenoxy) is 1. The van der Waals surface area contributed by atoms with Gasteiger partial charge in [0.25, 0.3) is 0 Å². The third-order valence-electron chi connectivity index (χ3n) is 1.25. The average molecular weight is 234 g/mol. The normalized spacial score (nSPS) is 17.1. The standard InChI is InChI=1S/C7H11Cl3O2/c1-3-5(4-2)12-6(11)7(8,9)10/h3,5-6,11H,1,4H2,2H3. The lowest BCUT2D eigenvalue weighted by Gasteiger charge is -2.22. The van der Waals surface area contributed by atoms with E-state index in [0.717, 1.165) is 0 Å². The predicted octanol–water partition coefficient (Wildman–Crippen LogP) is 2.66. The van der Waals surface area contributed by atoms with Crippen LogP contribution in [0.2, 0.25) is 0 Å². The Labute approximate surface area is 87.1 Å². The summed E-state index contributed by atoms with van der Waals surface area (Å²) in [6.45, 7) is 5.37. The van der Waals surface area contributed by atoms with E-state index < -0.39 is 10.1 Å². The van der Waals surface area contributed by atoms with Crippen molar-refractivity contribution in [2.45, 2.75) is 29.5 Å². The van der Waals surface area contributed by atoms with E-state index >= 15 is 0 Å². The summed E-state index contributed by atoms with van der Waals surface area (Å²) in [6, 6.07) is 0. The second-order valence-electron chi connectivity index (χ2n) is 2.21. The average Bonchev–Trinajstić information content (AvgIpc) is 1.97. The molecule has 0 aliphatic heterocycles. The number of rotatable bonds is 4. The van der Waals surface area contributed by atoms with Crippen LogP contribution in [-0.4, -0.2) is 21.3 Å². The third kappa shape index (κ3) is 4.53. The lowest BCUT2D eigenvalue weighted by Crippen LogP contribution is -2.31. The second-order valence-corrected chi connectivity index (χ2v) is 4.58. The molecule has 12 heavy (non-hydrogen) atoms. The first-order valence-corrected chi connectivity index (χ1v) is 4.58. The summed E-state index contributed by atoms with van der Waals surface area (Å²) in [5, 5.41) is 9.15. The van der Waals surface area contributed by atoms with Crippen LogP contribution in [0, 0.1) is 0 Å². The molecule has 5 heteroatoms. The molecule has 0 aliphatic rings. The van der Waals surface area contributed by atoms with Gasteiger partial charge in [-0.3, -0.25) is 0 Å². The number of aliphatic hydroxyl groups is 1. The Balaban J connectivity index is 3.98. The number of halogens is 3. The van der Waals surface area contributed by atoms with Crippen LogP contribution in [0.15, 0.2) is 12.7 Å². The Kier molecular flexibility index (Phi) is 5.53. The van der Waals surface area contributed by atoms with Crippen LogP contribution in [-0.2, 0) is 4.74 Å². The van der Waals surface area contributed by atoms with E-state index in [-0.39, 0.29) is 6.10 Å². The zero-order valence-electron chi connectivity index (χ0n) is 6.64. The summed E-state index contributed by atoms with van der Waals surface area (Å²) < 4.78 is 3.15. The van der Waals surface area contributed by atoms with Gasteiger partial charge in [0.15, 0.2) is 0 Å². The Morgan fingerprint density at radius 3 is 2.33 bits per heavy atom. The molecular formula is C7H11Cl3O2. The first-order valence-electron chi connectivity index (χ1n) is 3.44. The van der Waals surface area contributed by atoms with Crippen molar-refractivity contribution in [3.05, 3.63) is 12.7 Å². The molecule has 72 valence electrons. The van der Waals surface area contributed by atoms with E-state index in [1.165, 1.54) is 0 Å². The van der Waals surface area contributed by atoms with Crippen LogP contribution in [0.5, 0.6) is 0 Å². The fourth-order valence-electron chi connectivity index (χ4n) is 0.561. The molecule has 0 amide bonds. The summed E-state index contributed by atoms with van der Waals surface area (Å²) in [7, 11) is 0. The minimum Gasteiger partial charge on any atom is -0.365 e. The monoisotopic (exact) mass is 232 g/mol. The van der Waals surface area contributed by atoms with Gasteiger partial charge in [-0.25, -0.2) is 0 Å². The largest absolute Gasteiger partial charge is 0.365 e.